The predicted molar refractivity (Wildman–Crippen MR) is 113 cm³/mol. The van der Waals surface area contributed by atoms with Crippen molar-refractivity contribution in [3.05, 3.63) is 58.6 Å². The maximum Gasteiger partial charge on any atom is 0.243 e. The standard InChI is InChI=1S/C20H22ClN3O3.ClH/c1-27-12-17(22)20(26)23-16-7-8-18-14(10-16)4-9-19(25)24(18)11-13-2-5-15(21)6-3-13;/h2-3,5-8,10,17H,4,9,11-12,22H2,1H3,(H,23,26);1H. The van der Waals surface area contributed by atoms with E-state index in [1.54, 1.807) is 11.0 Å². The summed E-state index contributed by atoms with van der Waals surface area (Å²) in [4.78, 5) is 26.3. The number of benzene rings is 2. The van der Waals surface area contributed by atoms with Crippen LogP contribution in [0.4, 0.5) is 11.4 Å². The summed E-state index contributed by atoms with van der Waals surface area (Å²) < 4.78 is 4.90. The molecular formula is C20H23Cl2N3O3. The average Bonchev–Trinajstić information content (AvgIpc) is 2.66. The van der Waals surface area contributed by atoms with Crippen LogP contribution < -0.4 is 16.0 Å². The van der Waals surface area contributed by atoms with Gasteiger partial charge < -0.3 is 20.7 Å². The molecule has 2 amide bonds. The lowest BCUT2D eigenvalue weighted by Crippen LogP contribution is -2.39. The fraction of sp³-hybridized carbons (Fsp3) is 0.300. The summed E-state index contributed by atoms with van der Waals surface area (Å²) in [5.41, 5.74) is 9.29. The van der Waals surface area contributed by atoms with Gasteiger partial charge in [0.2, 0.25) is 11.8 Å². The molecule has 8 heteroatoms. The molecule has 150 valence electrons. The Kier molecular flexibility index (Phi) is 7.83. The summed E-state index contributed by atoms with van der Waals surface area (Å²) in [5, 5.41) is 3.46. The molecule has 0 fully saturated rings. The minimum Gasteiger partial charge on any atom is -0.383 e. The highest BCUT2D eigenvalue weighted by atomic mass is 35.5. The van der Waals surface area contributed by atoms with Crippen LogP contribution >= 0.6 is 24.0 Å². The highest BCUT2D eigenvalue weighted by Gasteiger charge is 2.25. The van der Waals surface area contributed by atoms with E-state index >= 15 is 0 Å². The number of amides is 2. The number of anilines is 2. The van der Waals surface area contributed by atoms with Gasteiger partial charge in [-0.1, -0.05) is 23.7 Å². The molecule has 2 aromatic rings. The lowest BCUT2D eigenvalue weighted by atomic mass is 9.99. The second-order valence-electron chi connectivity index (χ2n) is 6.50. The molecule has 6 nitrogen and oxygen atoms in total. The van der Waals surface area contributed by atoms with E-state index in [9.17, 15) is 9.59 Å². The van der Waals surface area contributed by atoms with E-state index in [-0.39, 0.29) is 30.8 Å². The summed E-state index contributed by atoms with van der Waals surface area (Å²) in [6, 6.07) is 12.3. The highest BCUT2D eigenvalue weighted by molar-refractivity contribution is 6.30. The van der Waals surface area contributed by atoms with Gasteiger partial charge in [-0.15, -0.1) is 12.4 Å². The summed E-state index contributed by atoms with van der Waals surface area (Å²) >= 11 is 5.93. The van der Waals surface area contributed by atoms with Crippen molar-refractivity contribution in [2.45, 2.75) is 25.4 Å². The van der Waals surface area contributed by atoms with Crippen LogP contribution in [-0.4, -0.2) is 31.6 Å². The molecule has 0 aliphatic carbocycles. The Balaban J connectivity index is 0.00000280. The number of carbonyl (C=O) groups is 2. The number of carbonyl (C=O) groups excluding carboxylic acids is 2. The van der Waals surface area contributed by atoms with Crippen molar-refractivity contribution in [2.24, 2.45) is 5.73 Å². The number of aryl methyl sites for hydroxylation is 1. The van der Waals surface area contributed by atoms with Crippen LogP contribution in [-0.2, 0) is 27.3 Å². The van der Waals surface area contributed by atoms with Crippen molar-refractivity contribution < 1.29 is 14.3 Å². The SMILES string of the molecule is COCC(N)C(=O)Nc1ccc2c(c1)CCC(=O)N2Cc1ccc(Cl)cc1.Cl. The lowest BCUT2D eigenvalue weighted by molar-refractivity contribution is -0.119. The summed E-state index contributed by atoms with van der Waals surface area (Å²) in [5.74, 6) is -0.224. The van der Waals surface area contributed by atoms with Crippen LogP contribution in [0.5, 0.6) is 0 Å². The maximum absolute atomic E-state index is 12.5. The molecule has 1 aliphatic heterocycles. The van der Waals surface area contributed by atoms with Crippen molar-refractivity contribution in [3.63, 3.8) is 0 Å². The third kappa shape index (κ3) is 5.23. The Labute approximate surface area is 175 Å². The molecular weight excluding hydrogens is 401 g/mol. The number of halogens is 2. The smallest absolute Gasteiger partial charge is 0.243 e. The average molecular weight is 424 g/mol. The monoisotopic (exact) mass is 423 g/mol. The van der Waals surface area contributed by atoms with Crippen molar-refractivity contribution in [3.8, 4) is 0 Å². The zero-order valence-corrected chi connectivity index (χ0v) is 17.1. The topological polar surface area (TPSA) is 84.7 Å². The van der Waals surface area contributed by atoms with E-state index in [1.165, 1.54) is 7.11 Å². The number of hydrogen-bond donors (Lipinski definition) is 2. The van der Waals surface area contributed by atoms with Gasteiger partial charge in [0.25, 0.3) is 0 Å². The predicted octanol–water partition coefficient (Wildman–Crippen LogP) is 3.15. The molecule has 0 aromatic heterocycles. The molecule has 0 radical (unpaired) electrons. The first kappa shape index (κ1) is 22.2. The second kappa shape index (κ2) is 9.89. The minimum atomic E-state index is -0.728. The van der Waals surface area contributed by atoms with Gasteiger partial charge in [-0.2, -0.15) is 0 Å². The van der Waals surface area contributed by atoms with Gasteiger partial charge in [0.15, 0.2) is 0 Å². The number of ether oxygens (including phenoxy) is 1. The van der Waals surface area contributed by atoms with E-state index in [1.807, 2.05) is 36.4 Å². The number of nitrogens with zero attached hydrogens (tertiary/aromatic N) is 1. The van der Waals surface area contributed by atoms with Gasteiger partial charge in [-0.25, -0.2) is 0 Å². The van der Waals surface area contributed by atoms with Gasteiger partial charge in [-0.3, -0.25) is 9.59 Å². The van der Waals surface area contributed by atoms with Gasteiger partial charge in [0, 0.05) is 29.9 Å². The third-order valence-electron chi connectivity index (χ3n) is 4.48. The second-order valence-corrected chi connectivity index (χ2v) is 6.94. The van der Waals surface area contributed by atoms with E-state index in [4.69, 9.17) is 22.1 Å². The van der Waals surface area contributed by atoms with Crippen molar-refractivity contribution in [1.29, 1.82) is 0 Å². The Hall–Kier alpha value is -2.12. The van der Waals surface area contributed by atoms with Crippen molar-refractivity contribution in [1.82, 2.24) is 0 Å². The molecule has 0 saturated heterocycles. The number of hydrogen-bond acceptors (Lipinski definition) is 4. The summed E-state index contributed by atoms with van der Waals surface area (Å²) in [6.07, 6.45) is 1.07. The quantitative estimate of drug-likeness (QED) is 0.746. The van der Waals surface area contributed by atoms with Crippen LogP contribution in [0, 0.1) is 0 Å². The van der Waals surface area contributed by atoms with Crippen LogP contribution in [0.3, 0.4) is 0 Å². The molecule has 1 heterocycles. The Morgan fingerprint density at radius 3 is 2.64 bits per heavy atom. The summed E-state index contributed by atoms with van der Waals surface area (Å²) in [6.45, 7) is 0.633. The summed E-state index contributed by atoms with van der Waals surface area (Å²) in [7, 11) is 1.50. The normalized spacial score (nSPS) is 14.1. The Morgan fingerprint density at radius 1 is 1.25 bits per heavy atom. The van der Waals surface area contributed by atoms with Crippen LogP contribution in [0.2, 0.25) is 5.02 Å². The van der Waals surface area contributed by atoms with Crippen LogP contribution in [0.25, 0.3) is 0 Å². The molecule has 1 atom stereocenters. The zero-order valence-electron chi connectivity index (χ0n) is 15.5. The first-order valence-corrected chi connectivity index (χ1v) is 9.09. The van der Waals surface area contributed by atoms with E-state index in [0.717, 1.165) is 16.8 Å². The van der Waals surface area contributed by atoms with E-state index < -0.39 is 6.04 Å². The number of rotatable bonds is 6. The molecule has 2 aromatic carbocycles. The maximum atomic E-state index is 12.5. The number of fused-ring (bicyclic) bond motifs is 1. The van der Waals surface area contributed by atoms with Gasteiger partial charge >= 0.3 is 0 Å². The van der Waals surface area contributed by atoms with Crippen LogP contribution in [0.1, 0.15) is 17.5 Å². The molecule has 3 rings (SSSR count). The highest BCUT2D eigenvalue weighted by Crippen LogP contribution is 2.31. The third-order valence-corrected chi connectivity index (χ3v) is 4.74. The van der Waals surface area contributed by atoms with Gasteiger partial charge in [0.05, 0.1) is 13.2 Å². The van der Waals surface area contributed by atoms with Crippen molar-refractivity contribution in [2.75, 3.05) is 23.9 Å². The molecule has 0 bridgehead atoms. The van der Waals surface area contributed by atoms with Gasteiger partial charge in [0.1, 0.15) is 6.04 Å². The first-order chi connectivity index (χ1) is 13.0. The van der Waals surface area contributed by atoms with Gasteiger partial charge in [-0.05, 0) is 47.9 Å². The molecule has 28 heavy (non-hydrogen) atoms. The molecule has 3 N–H and O–H groups in total. The van der Waals surface area contributed by atoms with Crippen molar-refractivity contribution >= 4 is 47.2 Å². The minimum absolute atomic E-state index is 0. The fourth-order valence-corrected chi connectivity index (χ4v) is 3.20. The molecule has 0 saturated carbocycles. The molecule has 0 spiro atoms. The molecule has 1 aliphatic rings. The fourth-order valence-electron chi connectivity index (χ4n) is 3.07. The first-order valence-electron chi connectivity index (χ1n) is 8.71. The largest absolute Gasteiger partial charge is 0.383 e. The number of methoxy groups -OCH3 is 1. The van der Waals surface area contributed by atoms with E-state index in [0.29, 0.717) is 30.1 Å². The number of nitrogens with one attached hydrogen (secondary N) is 1. The lowest BCUT2D eigenvalue weighted by Gasteiger charge is -2.30. The van der Waals surface area contributed by atoms with E-state index in [2.05, 4.69) is 5.32 Å². The van der Waals surface area contributed by atoms with Crippen LogP contribution in [0.15, 0.2) is 42.5 Å². The Bertz CT molecular complexity index is 843. The number of nitrogens with two attached hydrogens (primary N) is 1. The Morgan fingerprint density at radius 2 is 1.96 bits per heavy atom. The zero-order chi connectivity index (χ0) is 19.4. The molecule has 1 unspecified atom stereocenters.